The van der Waals surface area contributed by atoms with Crippen LogP contribution >= 0.6 is 0 Å². The molecule has 0 aliphatic carbocycles. The van der Waals surface area contributed by atoms with Gasteiger partial charge in [-0.2, -0.15) is 0 Å². The number of benzene rings is 2. The summed E-state index contributed by atoms with van der Waals surface area (Å²) >= 11 is 0. The van der Waals surface area contributed by atoms with Gasteiger partial charge in [-0.05, 0) is 55.2 Å². The molecule has 148 valence electrons. The first-order chi connectivity index (χ1) is 13.5. The number of aryl methyl sites for hydroxylation is 1. The lowest BCUT2D eigenvalue weighted by Gasteiger charge is -2.19. The third kappa shape index (κ3) is 4.35. The Morgan fingerprint density at radius 2 is 1.96 bits per heavy atom. The molecular weight excluding hydrogens is 352 g/mol. The lowest BCUT2D eigenvalue weighted by Crippen LogP contribution is -2.29. The van der Waals surface area contributed by atoms with E-state index in [1.807, 2.05) is 68.3 Å². The summed E-state index contributed by atoms with van der Waals surface area (Å²) in [6.07, 6.45) is 2.06. The first-order valence-corrected chi connectivity index (χ1v) is 9.88. The molecule has 1 heterocycles. The van der Waals surface area contributed by atoms with Crippen molar-refractivity contribution < 1.29 is 14.3 Å². The van der Waals surface area contributed by atoms with Gasteiger partial charge in [0, 0.05) is 37.8 Å². The van der Waals surface area contributed by atoms with E-state index in [1.165, 1.54) is 0 Å². The zero-order chi connectivity index (χ0) is 20.1. The summed E-state index contributed by atoms with van der Waals surface area (Å²) in [5.74, 6) is 1.02. The average Bonchev–Trinajstić information content (AvgIpc) is 3.14. The third-order valence-electron chi connectivity index (χ3n) is 5.16. The second-order valence-electron chi connectivity index (χ2n) is 7.19. The van der Waals surface area contributed by atoms with Gasteiger partial charge in [0.1, 0.15) is 5.75 Å². The smallest absolute Gasteiger partial charge is 0.253 e. The molecule has 0 atom stereocenters. The molecule has 2 aromatic rings. The molecular formula is C23H28N2O3. The average molecular weight is 380 g/mol. The van der Waals surface area contributed by atoms with E-state index in [4.69, 9.17) is 4.74 Å². The summed E-state index contributed by atoms with van der Waals surface area (Å²) in [6.45, 7) is 5.79. The summed E-state index contributed by atoms with van der Waals surface area (Å²) in [7, 11) is 1.82. The summed E-state index contributed by atoms with van der Waals surface area (Å²) in [5.41, 5.74) is 3.80. The van der Waals surface area contributed by atoms with E-state index in [0.29, 0.717) is 31.7 Å². The van der Waals surface area contributed by atoms with Crippen molar-refractivity contribution in [2.75, 3.05) is 31.6 Å². The molecule has 0 N–H and O–H groups in total. The van der Waals surface area contributed by atoms with E-state index in [0.717, 1.165) is 35.4 Å². The van der Waals surface area contributed by atoms with Crippen LogP contribution in [0.2, 0.25) is 0 Å². The lowest BCUT2D eigenvalue weighted by atomic mass is 10.1. The van der Waals surface area contributed by atoms with E-state index in [2.05, 4.69) is 0 Å². The maximum atomic E-state index is 12.7. The topological polar surface area (TPSA) is 49.9 Å². The second-order valence-corrected chi connectivity index (χ2v) is 7.19. The van der Waals surface area contributed by atoms with Gasteiger partial charge < -0.3 is 14.5 Å². The third-order valence-corrected chi connectivity index (χ3v) is 5.16. The number of carbonyl (C=O) groups is 2. The number of hydrogen-bond acceptors (Lipinski definition) is 3. The van der Waals surface area contributed by atoms with Crippen molar-refractivity contribution >= 4 is 17.5 Å². The molecule has 0 saturated carbocycles. The van der Waals surface area contributed by atoms with Crippen molar-refractivity contribution in [2.45, 2.75) is 33.1 Å². The molecule has 3 rings (SSSR count). The van der Waals surface area contributed by atoms with E-state index in [-0.39, 0.29) is 11.8 Å². The van der Waals surface area contributed by atoms with Crippen LogP contribution in [0.4, 0.5) is 5.69 Å². The van der Waals surface area contributed by atoms with Gasteiger partial charge in [0.05, 0.1) is 6.61 Å². The zero-order valence-electron chi connectivity index (χ0n) is 16.9. The highest BCUT2D eigenvalue weighted by molar-refractivity contribution is 5.98. The van der Waals surface area contributed by atoms with Crippen LogP contribution in [0.3, 0.4) is 0 Å². The Labute approximate surface area is 166 Å². The highest BCUT2D eigenvalue weighted by atomic mass is 16.5. The van der Waals surface area contributed by atoms with Crippen molar-refractivity contribution in [1.29, 1.82) is 0 Å². The quantitative estimate of drug-likeness (QED) is 0.686. The Kier molecular flexibility index (Phi) is 6.34. The summed E-state index contributed by atoms with van der Waals surface area (Å²) in [4.78, 5) is 28.3. The second kappa shape index (κ2) is 8.91. The standard InChI is InChI=1S/C23H28N2O3/c1-4-22(26)25-14-12-18-16-19(10-11-20(18)25)23(27)24(3)13-7-15-28-21-9-6-5-8-17(21)2/h5-6,8-11,16H,4,7,12-15H2,1-3H3. The lowest BCUT2D eigenvalue weighted by molar-refractivity contribution is -0.118. The van der Waals surface area contributed by atoms with Crippen molar-refractivity contribution in [2.24, 2.45) is 0 Å². The van der Waals surface area contributed by atoms with Gasteiger partial charge in [0.25, 0.3) is 5.91 Å². The molecule has 5 heteroatoms. The van der Waals surface area contributed by atoms with Crippen LogP contribution < -0.4 is 9.64 Å². The first kappa shape index (κ1) is 19.9. The maximum Gasteiger partial charge on any atom is 0.253 e. The number of anilines is 1. The van der Waals surface area contributed by atoms with Gasteiger partial charge in [0.2, 0.25) is 5.91 Å². The Hall–Kier alpha value is -2.82. The zero-order valence-corrected chi connectivity index (χ0v) is 16.9. The minimum Gasteiger partial charge on any atom is -0.493 e. The number of nitrogens with zero attached hydrogens (tertiary/aromatic N) is 2. The molecule has 5 nitrogen and oxygen atoms in total. The minimum absolute atomic E-state index is 0.000963. The molecule has 0 radical (unpaired) electrons. The maximum absolute atomic E-state index is 12.7. The van der Waals surface area contributed by atoms with E-state index < -0.39 is 0 Å². The molecule has 0 bridgehead atoms. The van der Waals surface area contributed by atoms with Crippen molar-refractivity contribution in [1.82, 2.24) is 4.90 Å². The number of ether oxygens (including phenoxy) is 1. The fourth-order valence-electron chi connectivity index (χ4n) is 3.51. The molecule has 0 saturated heterocycles. The van der Waals surface area contributed by atoms with Gasteiger partial charge in [0.15, 0.2) is 0 Å². The van der Waals surface area contributed by atoms with Gasteiger partial charge in [-0.1, -0.05) is 25.1 Å². The summed E-state index contributed by atoms with van der Waals surface area (Å²) in [6, 6.07) is 13.6. The Balaban J connectivity index is 1.54. The molecule has 0 aromatic heterocycles. The van der Waals surface area contributed by atoms with E-state index >= 15 is 0 Å². The van der Waals surface area contributed by atoms with Crippen LogP contribution in [0, 0.1) is 6.92 Å². The molecule has 0 fully saturated rings. The summed E-state index contributed by atoms with van der Waals surface area (Å²) < 4.78 is 5.80. The van der Waals surface area contributed by atoms with Crippen LogP contribution in [0.1, 0.15) is 41.3 Å². The van der Waals surface area contributed by atoms with Crippen LogP contribution in [-0.4, -0.2) is 43.5 Å². The molecule has 2 amide bonds. The summed E-state index contributed by atoms with van der Waals surface area (Å²) in [5, 5.41) is 0. The molecule has 0 unspecified atom stereocenters. The largest absolute Gasteiger partial charge is 0.493 e. The Morgan fingerprint density at radius 1 is 1.18 bits per heavy atom. The van der Waals surface area contributed by atoms with E-state index in [9.17, 15) is 9.59 Å². The minimum atomic E-state index is -0.000963. The van der Waals surface area contributed by atoms with Crippen molar-refractivity contribution in [3.8, 4) is 5.75 Å². The van der Waals surface area contributed by atoms with E-state index in [1.54, 1.807) is 4.90 Å². The predicted octanol–water partition coefficient (Wildman–Crippen LogP) is 3.84. The van der Waals surface area contributed by atoms with Crippen LogP contribution in [0.5, 0.6) is 5.75 Å². The first-order valence-electron chi connectivity index (χ1n) is 9.88. The SMILES string of the molecule is CCC(=O)N1CCc2cc(C(=O)N(C)CCCOc3ccccc3C)ccc21. The van der Waals surface area contributed by atoms with Gasteiger partial charge >= 0.3 is 0 Å². The molecule has 28 heavy (non-hydrogen) atoms. The number of hydrogen-bond donors (Lipinski definition) is 0. The number of fused-ring (bicyclic) bond motifs is 1. The number of para-hydroxylation sites is 1. The van der Waals surface area contributed by atoms with Gasteiger partial charge in [-0.3, -0.25) is 9.59 Å². The van der Waals surface area contributed by atoms with Crippen LogP contribution in [-0.2, 0) is 11.2 Å². The fraction of sp³-hybridized carbons (Fsp3) is 0.391. The monoisotopic (exact) mass is 380 g/mol. The Morgan fingerprint density at radius 3 is 2.71 bits per heavy atom. The number of rotatable bonds is 7. The highest BCUT2D eigenvalue weighted by Gasteiger charge is 2.24. The molecule has 0 spiro atoms. The molecule has 1 aliphatic rings. The Bertz CT molecular complexity index is 863. The molecule has 2 aromatic carbocycles. The number of amides is 2. The van der Waals surface area contributed by atoms with Crippen LogP contribution in [0.25, 0.3) is 0 Å². The van der Waals surface area contributed by atoms with Gasteiger partial charge in [-0.15, -0.1) is 0 Å². The highest BCUT2D eigenvalue weighted by Crippen LogP contribution is 2.29. The van der Waals surface area contributed by atoms with Crippen LogP contribution in [0.15, 0.2) is 42.5 Å². The predicted molar refractivity (Wildman–Crippen MR) is 111 cm³/mol. The van der Waals surface area contributed by atoms with Gasteiger partial charge in [-0.25, -0.2) is 0 Å². The van der Waals surface area contributed by atoms with Crippen molar-refractivity contribution in [3.63, 3.8) is 0 Å². The van der Waals surface area contributed by atoms with Crippen molar-refractivity contribution in [3.05, 3.63) is 59.2 Å². The fourth-order valence-corrected chi connectivity index (χ4v) is 3.51. The normalized spacial score (nSPS) is 12.6. The number of carbonyl (C=O) groups excluding carboxylic acids is 2. The molecule has 1 aliphatic heterocycles.